The van der Waals surface area contributed by atoms with Crippen molar-refractivity contribution in [1.82, 2.24) is 10.3 Å². The van der Waals surface area contributed by atoms with Gasteiger partial charge in [0.25, 0.3) is 5.91 Å². The third-order valence-electron chi connectivity index (χ3n) is 4.21. The standard InChI is InChI=1S/C19H18ClN3O2/c1-12-4-2-5-13-8-14(18(20)23-17(12)13)9-15(10-21)19(24)22-11-16-6-3-7-25-16/h2,4-5,8-9,16H,3,6-7,11H2,1H3,(H,22,24)/b15-9+/t16-/m0/s1. The van der Waals surface area contributed by atoms with Crippen molar-refractivity contribution in [3.05, 3.63) is 46.1 Å². The lowest BCUT2D eigenvalue weighted by atomic mass is 10.1. The van der Waals surface area contributed by atoms with Crippen molar-refractivity contribution in [2.24, 2.45) is 0 Å². The Balaban J connectivity index is 1.83. The van der Waals surface area contributed by atoms with Gasteiger partial charge in [0.1, 0.15) is 16.8 Å². The van der Waals surface area contributed by atoms with Gasteiger partial charge in [0.2, 0.25) is 0 Å². The van der Waals surface area contributed by atoms with Gasteiger partial charge in [-0.15, -0.1) is 0 Å². The molecule has 1 aliphatic heterocycles. The van der Waals surface area contributed by atoms with Gasteiger partial charge in [0.15, 0.2) is 0 Å². The summed E-state index contributed by atoms with van der Waals surface area (Å²) in [7, 11) is 0. The fraction of sp³-hybridized carbons (Fsp3) is 0.316. The fourth-order valence-corrected chi connectivity index (χ4v) is 3.05. The molecule has 1 atom stereocenters. The predicted molar refractivity (Wildman–Crippen MR) is 97.1 cm³/mol. The van der Waals surface area contributed by atoms with Gasteiger partial charge in [-0.2, -0.15) is 5.26 Å². The van der Waals surface area contributed by atoms with Gasteiger partial charge in [0, 0.05) is 24.1 Å². The number of nitrogens with one attached hydrogen (secondary N) is 1. The molecule has 0 bridgehead atoms. The molecular weight excluding hydrogens is 338 g/mol. The van der Waals surface area contributed by atoms with Crippen LogP contribution in [0.2, 0.25) is 5.15 Å². The van der Waals surface area contributed by atoms with Crippen LogP contribution < -0.4 is 5.32 Å². The maximum absolute atomic E-state index is 12.2. The summed E-state index contributed by atoms with van der Waals surface area (Å²) >= 11 is 6.24. The molecular formula is C19H18ClN3O2. The Kier molecular flexibility index (Phi) is 5.32. The van der Waals surface area contributed by atoms with Crippen LogP contribution in [0, 0.1) is 18.3 Å². The Morgan fingerprint density at radius 1 is 1.56 bits per heavy atom. The molecule has 0 aliphatic carbocycles. The number of pyridine rings is 1. The first-order valence-electron chi connectivity index (χ1n) is 8.16. The van der Waals surface area contributed by atoms with Crippen LogP contribution in [0.4, 0.5) is 0 Å². The van der Waals surface area contributed by atoms with Gasteiger partial charge in [0.05, 0.1) is 11.6 Å². The van der Waals surface area contributed by atoms with Crippen molar-refractivity contribution in [2.75, 3.05) is 13.2 Å². The monoisotopic (exact) mass is 355 g/mol. The first kappa shape index (κ1) is 17.4. The minimum atomic E-state index is -0.432. The lowest BCUT2D eigenvalue weighted by molar-refractivity contribution is -0.117. The van der Waals surface area contributed by atoms with Gasteiger partial charge < -0.3 is 10.1 Å². The molecule has 0 spiro atoms. The van der Waals surface area contributed by atoms with Crippen LogP contribution in [0.1, 0.15) is 24.0 Å². The summed E-state index contributed by atoms with van der Waals surface area (Å²) in [6, 6.07) is 9.58. The third-order valence-corrected chi connectivity index (χ3v) is 4.51. The zero-order valence-corrected chi connectivity index (χ0v) is 14.6. The largest absolute Gasteiger partial charge is 0.376 e. The van der Waals surface area contributed by atoms with Gasteiger partial charge in [-0.3, -0.25) is 4.79 Å². The van der Waals surface area contributed by atoms with Crippen molar-refractivity contribution in [3.63, 3.8) is 0 Å². The summed E-state index contributed by atoms with van der Waals surface area (Å²) in [5, 5.41) is 13.2. The molecule has 1 aromatic carbocycles. The number of benzene rings is 1. The third kappa shape index (κ3) is 3.98. The second-order valence-electron chi connectivity index (χ2n) is 6.03. The van der Waals surface area contributed by atoms with E-state index >= 15 is 0 Å². The molecule has 2 aromatic rings. The molecule has 128 valence electrons. The number of fused-ring (bicyclic) bond motifs is 1. The maximum Gasteiger partial charge on any atom is 0.262 e. The van der Waals surface area contributed by atoms with Crippen molar-refractivity contribution in [3.8, 4) is 6.07 Å². The van der Waals surface area contributed by atoms with Crippen molar-refractivity contribution in [1.29, 1.82) is 5.26 Å². The second kappa shape index (κ2) is 7.64. The van der Waals surface area contributed by atoms with E-state index in [-0.39, 0.29) is 16.8 Å². The summed E-state index contributed by atoms with van der Waals surface area (Å²) in [6.45, 7) is 3.08. The van der Waals surface area contributed by atoms with Gasteiger partial charge in [-0.25, -0.2) is 4.98 Å². The zero-order valence-electron chi connectivity index (χ0n) is 13.9. The highest BCUT2D eigenvalue weighted by Gasteiger charge is 2.18. The van der Waals surface area contributed by atoms with Crippen molar-refractivity contribution < 1.29 is 9.53 Å². The van der Waals surface area contributed by atoms with Crippen LogP contribution in [0.15, 0.2) is 29.8 Å². The summed E-state index contributed by atoms with van der Waals surface area (Å²) < 4.78 is 5.47. The molecule has 1 saturated heterocycles. The molecule has 1 aliphatic rings. The molecule has 1 amide bonds. The zero-order chi connectivity index (χ0) is 17.8. The molecule has 1 aromatic heterocycles. The van der Waals surface area contributed by atoms with E-state index in [2.05, 4.69) is 10.3 Å². The number of para-hydroxylation sites is 1. The first-order chi connectivity index (χ1) is 12.1. The summed E-state index contributed by atoms with van der Waals surface area (Å²) in [5.41, 5.74) is 2.37. The summed E-state index contributed by atoms with van der Waals surface area (Å²) in [6.07, 6.45) is 3.42. The number of nitrogens with zero attached hydrogens (tertiary/aromatic N) is 2. The molecule has 0 radical (unpaired) electrons. The van der Waals surface area contributed by atoms with Crippen LogP contribution in [0.25, 0.3) is 17.0 Å². The van der Waals surface area contributed by atoms with Crippen LogP contribution in [-0.4, -0.2) is 30.1 Å². The van der Waals surface area contributed by atoms with E-state index in [9.17, 15) is 10.1 Å². The number of rotatable bonds is 4. The minimum absolute atomic E-state index is 0.00583. The highest BCUT2D eigenvalue weighted by Crippen LogP contribution is 2.24. The predicted octanol–water partition coefficient (Wildman–Crippen LogP) is 3.40. The Hall–Kier alpha value is -2.42. The number of hydrogen-bond donors (Lipinski definition) is 1. The molecule has 1 N–H and O–H groups in total. The van der Waals surface area contributed by atoms with E-state index in [0.717, 1.165) is 35.9 Å². The van der Waals surface area contributed by atoms with E-state index in [1.807, 2.05) is 37.3 Å². The van der Waals surface area contributed by atoms with Crippen molar-refractivity contribution in [2.45, 2.75) is 25.9 Å². The van der Waals surface area contributed by atoms with Crippen LogP contribution in [-0.2, 0) is 9.53 Å². The molecule has 2 heterocycles. The Bertz CT molecular complexity index is 880. The fourth-order valence-electron chi connectivity index (χ4n) is 2.85. The Morgan fingerprint density at radius 2 is 2.40 bits per heavy atom. The summed E-state index contributed by atoms with van der Waals surface area (Å²) in [4.78, 5) is 16.6. The van der Waals surface area contributed by atoms with E-state index in [1.165, 1.54) is 6.08 Å². The number of aryl methyl sites for hydroxylation is 1. The molecule has 0 saturated carbocycles. The van der Waals surface area contributed by atoms with E-state index < -0.39 is 5.91 Å². The average molecular weight is 356 g/mol. The molecule has 5 nitrogen and oxygen atoms in total. The molecule has 25 heavy (non-hydrogen) atoms. The summed E-state index contributed by atoms with van der Waals surface area (Å²) in [5.74, 6) is -0.432. The van der Waals surface area contributed by atoms with Crippen LogP contribution in [0.3, 0.4) is 0 Å². The smallest absolute Gasteiger partial charge is 0.262 e. The van der Waals surface area contributed by atoms with E-state index in [1.54, 1.807) is 0 Å². The number of amides is 1. The number of hydrogen-bond acceptors (Lipinski definition) is 4. The average Bonchev–Trinajstić information content (AvgIpc) is 3.12. The minimum Gasteiger partial charge on any atom is -0.376 e. The number of nitriles is 1. The highest BCUT2D eigenvalue weighted by molar-refractivity contribution is 6.31. The lowest BCUT2D eigenvalue weighted by Crippen LogP contribution is -2.32. The molecule has 6 heteroatoms. The van der Waals surface area contributed by atoms with Crippen molar-refractivity contribution >= 4 is 34.5 Å². The number of carbonyl (C=O) groups is 1. The first-order valence-corrected chi connectivity index (χ1v) is 8.54. The molecule has 1 fully saturated rings. The normalized spacial score (nSPS) is 17.5. The van der Waals surface area contributed by atoms with Crippen LogP contribution in [0.5, 0.6) is 0 Å². The van der Waals surface area contributed by atoms with Gasteiger partial charge in [-0.1, -0.05) is 29.8 Å². The number of ether oxygens (including phenoxy) is 1. The quantitative estimate of drug-likeness (QED) is 0.518. The Morgan fingerprint density at radius 3 is 3.12 bits per heavy atom. The topological polar surface area (TPSA) is 75.0 Å². The SMILES string of the molecule is Cc1cccc2cc(/C=C(\C#N)C(=O)NC[C@@H]3CCCO3)c(Cl)nc12. The maximum atomic E-state index is 12.2. The number of carbonyl (C=O) groups excluding carboxylic acids is 1. The Labute approximate surface area is 151 Å². The lowest BCUT2D eigenvalue weighted by Gasteiger charge is -2.10. The van der Waals surface area contributed by atoms with Gasteiger partial charge >= 0.3 is 0 Å². The van der Waals surface area contributed by atoms with Crippen LogP contribution >= 0.6 is 11.6 Å². The molecule has 3 rings (SSSR count). The number of halogens is 1. The van der Waals surface area contributed by atoms with E-state index in [4.69, 9.17) is 16.3 Å². The van der Waals surface area contributed by atoms with Gasteiger partial charge in [-0.05, 0) is 37.5 Å². The molecule has 0 unspecified atom stereocenters. The second-order valence-corrected chi connectivity index (χ2v) is 6.39. The van der Waals surface area contributed by atoms with E-state index in [0.29, 0.717) is 12.1 Å². The highest BCUT2D eigenvalue weighted by atomic mass is 35.5. The number of aromatic nitrogens is 1.